The predicted molar refractivity (Wildman–Crippen MR) is 253 cm³/mol. The fourth-order valence-corrected chi connectivity index (χ4v) is 7.02. The van der Waals surface area contributed by atoms with Crippen LogP contribution in [0.3, 0.4) is 0 Å². The Labute approximate surface area is 411 Å². The Bertz CT molecular complexity index is 827. The van der Waals surface area contributed by atoms with Gasteiger partial charge in [0.2, 0.25) is 0 Å². The summed E-state index contributed by atoms with van der Waals surface area (Å²) in [5, 5.41) is 30.6. The molecule has 0 heterocycles. The third-order valence-corrected chi connectivity index (χ3v) is 10.9. The number of rotatable bonds is 45. The number of hydrogen-bond donors (Lipinski definition) is 0. The first kappa shape index (κ1) is 66.6. The number of carboxylic acid groups (broad SMARTS) is 3. The van der Waals surface area contributed by atoms with Gasteiger partial charge in [0.05, 0.1) is 0 Å². The molecule has 0 amide bonds. The van der Waals surface area contributed by atoms with E-state index in [1.165, 1.54) is 212 Å². The molecule has 0 aromatic rings. The van der Waals surface area contributed by atoms with E-state index >= 15 is 0 Å². The monoisotopic (exact) mass is 1000 g/mol. The predicted octanol–water partition coefficient (Wildman–Crippen LogP) is 14.3. The van der Waals surface area contributed by atoms with Crippen molar-refractivity contribution in [2.45, 2.75) is 290 Å². The summed E-state index contributed by atoms with van der Waals surface area (Å²) in [4.78, 5) is 30.6. The van der Waals surface area contributed by atoms with E-state index in [-0.39, 0.29) is 59.2 Å². The minimum atomic E-state index is -0.911. The van der Waals surface area contributed by atoms with Crippen LogP contribution in [0.4, 0.5) is 0 Å². The molecule has 0 rings (SSSR count). The van der Waals surface area contributed by atoms with Gasteiger partial charge in [-0.25, -0.2) is 0 Å². The van der Waals surface area contributed by atoms with E-state index < -0.39 is 17.9 Å². The Hall–Kier alpha value is -1.05. The number of hydrogen-bond acceptors (Lipinski definition) is 6. The summed E-state index contributed by atoms with van der Waals surface area (Å²) < 4.78 is 0. The van der Waals surface area contributed by atoms with Crippen molar-refractivity contribution in [3.8, 4) is 0 Å². The average molecular weight is 1000 g/mol. The largest absolute Gasteiger partial charge is 3.00 e. The number of allylic oxidation sites excluding steroid dienone is 6. The van der Waals surface area contributed by atoms with Crippen LogP contribution in [0.5, 0.6) is 0 Å². The van der Waals surface area contributed by atoms with Crippen molar-refractivity contribution in [3.05, 3.63) is 36.5 Å². The second-order valence-electron chi connectivity index (χ2n) is 17.1. The van der Waals surface area contributed by atoms with Gasteiger partial charge in [0.25, 0.3) is 0 Å². The van der Waals surface area contributed by atoms with Crippen LogP contribution in [0.2, 0.25) is 0 Å². The van der Waals surface area contributed by atoms with Crippen LogP contribution in [0, 0.1) is 39.9 Å². The zero-order chi connectivity index (χ0) is 44.7. The minimum absolute atomic E-state index is 0. The second kappa shape index (κ2) is 63.2. The van der Waals surface area contributed by atoms with E-state index in [9.17, 15) is 29.7 Å². The molecule has 0 aromatic heterocycles. The summed E-state index contributed by atoms with van der Waals surface area (Å²) in [6.07, 6.45) is 62.7. The Kier molecular flexibility index (Phi) is 69.0. The van der Waals surface area contributed by atoms with Gasteiger partial charge in [-0.1, -0.05) is 211 Å². The summed E-state index contributed by atoms with van der Waals surface area (Å²) in [6, 6.07) is 0. The second-order valence-corrected chi connectivity index (χ2v) is 17.1. The quantitative estimate of drug-likeness (QED) is 0.0443. The van der Waals surface area contributed by atoms with Crippen molar-refractivity contribution < 1.29 is 69.6 Å². The van der Waals surface area contributed by atoms with Crippen molar-refractivity contribution in [1.82, 2.24) is 0 Å². The number of carbonyl (C=O) groups is 3. The normalized spacial score (nSPS) is 11.1. The smallest absolute Gasteiger partial charge is 0.550 e. The Morgan fingerprint density at radius 3 is 0.574 bits per heavy atom. The molecule has 0 aliphatic rings. The standard InChI is InChI=1S/3C18H34O2.Gd/c3*1-2-3-4-5-6-7-8-9-10-11-12-13-14-15-16-17-18(19)20;/h3*7-8H,2-6,9-17H2,1H3,(H,19,20);/q;;;+3/p-3/b3*8-7-;. The van der Waals surface area contributed by atoms with E-state index in [1.54, 1.807) is 0 Å². The van der Waals surface area contributed by atoms with Gasteiger partial charge in [0.15, 0.2) is 0 Å². The Morgan fingerprint density at radius 2 is 0.410 bits per heavy atom. The van der Waals surface area contributed by atoms with E-state index in [4.69, 9.17) is 0 Å². The molecular formula is C54H99GdO6. The van der Waals surface area contributed by atoms with Crippen LogP contribution in [-0.2, 0) is 14.4 Å². The molecular weight excluding hydrogens is 902 g/mol. The molecule has 0 aliphatic heterocycles. The number of unbranched alkanes of at least 4 members (excludes halogenated alkanes) is 33. The summed E-state index contributed by atoms with van der Waals surface area (Å²) in [7, 11) is 0. The Morgan fingerprint density at radius 1 is 0.262 bits per heavy atom. The maximum absolute atomic E-state index is 10.2. The van der Waals surface area contributed by atoms with E-state index in [0.717, 1.165) is 38.5 Å². The van der Waals surface area contributed by atoms with Crippen LogP contribution >= 0.6 is 0 Å². The fourth-order valence-electron chi connectivity index (χ4n) is 7.02. The first-order valence-electron chi connectivity index (χ1n) is 25.9. The van der Waals surface area contributed by atoms with Crippen molar-refractivity contribution in [2.75, 3.05) is 0 Å². The maximum atomic E-state index is 10.2. The van der Waals surface area contributed by atoms with Gasteiger partial charge in [-0.15, -0.1) is 0 Å². The summed E-state index contributed by atoms with van der Waals surface area (Å²) in [6.45, 7) is 6.75. The molecule has 7 heteroatoms. The van der Waals surface area contributed by atoms with E-state index in [1.807, 2.05) is 0 Å². The minimum Gasteiger partial charge on any atom is -0.550 e. The van der Waals surface area contributed by atoms with Crippen LogP contribution in [-0.4, -0.2) is 17.9 Å². The van der Waals surface area contributed by atoms with Crippen molar-refractivity contribution >= 4 is 17.9 Å². The molecule has 0 N–H and O–H groups in total. The zero-order valence-electron chi connectivity index (χ0n) is 40.5. The summed E-state index contributed by atoms with van der Waals surface area (Å²) in [5.74, 6) is -2.73. The van der Waals surface area contributed by atoms with Gasteiger partial charge in [0, 0.05) is 17.9 Å². The molecule has 359 valence electrons. The van der Waals surface area contributed by atoms with E-state index in [0.29, 0.717) is 0 Å². The van der Waals surface area contributed by atoms with Gasteiger partial charge in [0.1, 0.15) is 0 Å². The fraction of sp³-hybridized carbons (Fsp3) is 0.833. The maximum Gasteiger partial charge on any atom is 3.00 e. The number of carbonyl (C=O) groups excluding carboxylic acids is 3. The molecule has 0 aliphatic carbocycles. The third-order valence-electron chi connectivity index (χ3n) is 10.9. The first-order chi connectivity index (χ1) is 29.3. The van der Waals surface area contributed by atoms with Crippen molar-refractivity contribution in [1.29, 1.82) is 0 Å². The number of aliphatic carboxylic acids is 3. The summed E-state index contributed by atoms with van der Waals surface area (Å²) >= 11 is 0. The Balaban J connectivity index is -0.000000396. The van der Waals surface area contributed by atoms with Crippen LogP contribution in [0.1, 0.15) is 290 Å². The molecule has 0 saturated heterocycles. The molecule has 0 aromatic carbocycles. The topological polar surface area (TPSA) is 120 Å². The number of carboxylic acids is 3. The summed E-state index contributed by atoms with van der Waals surface area (Å²) in [5.41, 5.74) is 0. The first-order valence-corrected chi connectivity index (χ1v) is 25.9. The molecule has 0 bridgehead atoms. The van der Waals surface area contributed by atoms with Gasteiger partial charge in [-0.05, 0) is 116 Å². The molecule has 61 heavy (non-hydrogen) atoms. The van der Waals surface area contributed by atoms with Crippen molar-refractivity contribution in [2.24, 2.45) is 0 Å². The average Bonchev–Trinajstić information content (AvgIpc) is 3.22. The molecule has 0 saturated carbocycles. The molecule has 1 radical (unpaired) electrons. The molecule has 6 nitrogen and oxygen atoms in total. The van der Waals surface area contributed by atoms with Crippen LogP contribution in [0.25, 0.3) is 0 Å². The van der Waals surface area contributed by atoms with Crippen LogP contribution in [0.15, 0.2) is 36.5 Å². The van der Waals surface area contributed by atoms with Crippen LogP contribution < -0.4 is 15.3 Å². The van der Waals surface area contributed by atoms with Gasteiger partial charge in [-0.3, -0.25) is 0 Å². The molecule has 0 atom stereocenters. The third kappa shape index (κ3) is 76.6. The molecule has 0 spiro atoms. The zero-order valence-corrected chi connectivity index (χ0v) is 42.7. The SMILES string of the molecule is CCCCCC/C=C\CCCCCCCCCC(=O)[O-].CCCCCC/C=C\CCCCCCCCCC(=O)[O-].CCCCCC/C=C\CCCCCCCCCC(=O)[O-].[Gd+3]. The molecule has 0 unspecified atom stereocenters. The van der Waals surface area contributed by atoms with Gasteiger partial charge < -0.3 is 29.7 Å². The molecule has 0 fully saturated rings. The van der Waals surface area contributed by atoms with E-state index in [2.05, 4.69) is 57.2 Å². The van der Waals surface area contributed by atoms with Crippen molar-refractivity contribution in [3.63, 3.8) is 0 Å². The van der Waals surface area contributed by atoms with Gasteiger partial charge in [-0.2, -0.15) is 0 Å². The van der Waals surface area contributed by atoms with Gasteiger partial charge >= 0.3 is 39.9 Å².